The normalized spacial score (nSPS) is 26.2. The molecule has 2 aliphatic heterocycles. The number of likely N-dealkylation sites (N-methyl/N-ethyl adjacent to an activating group) is 2. The zero-order valence-electron chi connectivity index (χ0n) is 35.9. The summed E-state index contributed by atoms with van der Waals surface area (Å²) >= 11 is 0. The predicted molar refractivity (Wildman–Crippen MR) is 218 cm³/mol. The quantitative estimate of drug-likeness (QED) is 0.138. The van der Waals surface area contributed by atoms with Crippen LogP contribution >= 0.6 is 0 Å². The number of esters is 1. The van der Waals surface area contributed by atoms with E-state index in [-0.39, 0.29) is 61.1 Å². The third-order valence-electron chi connectivity index (χ3n) is 10.6. The van der Waals surface area contributed by atoms with Gasteiger partial charge in [0, 0.05) is 26.6 Å². The van der Waals surface area contributed by atoms with Gasteiger partial charge in [0.2, 0.25) is 35.9 Å². The average Bonchev–Trinajstić information content (AvgIpc) is 3.16. The molecule has 0 aromatic heterocycles. The number of hydrogen-bond donors (Lipinski definition) is 7. The Labute approximate surface area is 343 Å². The molecule has 2 bridgehead atoms. The van der Waals surface area contributed by atoms with Crippen LogP contribution < -0.4 is 27.4 Å². The van der Waals surface area contributed by atoms with Crippen LogP contribution in [0.5, 0.6) is 5.75 Å². The first kappa shape index (κ1) is 51.2. The summed E-state index contributed by atoms with van der Waals surface area (Å²) in [4.78, 5) is 91.4. The third-order valence-corrected chi connectivity index (χ3v) is 10.6. The molecule has 1 aromatic rings. The van der Waals surface area contributed by atoms with Gasteiger partial charge in [-0.1, -0.05) is 66.5 Å². The van der Waals surface area contributed by atoms with E-state index in [1.54, 1.807) is 33.0 Å². The largest absolute Gasteiger partial charge is 0.508 e. The van der Waals surface area contributed by atoms with Gasteiger partial charge in [0.15, 0.2) is 0 Å². The SMILES string of the molecule is CCC(C)C1NC(=O)C(Cc2ccc(O)cc2)N(C)C(=O)C(C(C)CC)N2C(=O)C(CCC2O)C(CC(C)C)NC(=O)CC(C)OC1=O.CNC(=O)C(C)N.NC=O. The predicted octanol–water partition coefficient (Wildman–Crippen LogP) is 1.31. The van der Waals surface area contributed by atoms with Crippen molar-refractivity contribution in [2.24, 2.45) is 35.1 Å². The highest BCUT2D eigenvalue weighted by Gasteiger charge is 2.48. The van der Waals surface area contributed by atoms with Gasteiger partial charge in [-0.25, -0.2) is 4.79 Å². The number of aliphatic hydroxyl groups is 1. The molecule has 0 aliphatic carbocycles. The summed E-state index contributed by atoms with van der Waals surface area (Å²) in [7, 11) is 3.06. The highest BCUT2D eigenvalue weighted by Crippen LogP contribution is 2.33. The number of cyclic esters (lactones) is 1. The first-order chi connectivity index (χ1) is 27.2. The van der Waals surface area contributed by atoms with Crippen LogP contribution in [-0.4, -0.2) is 119 Å². The zero-order valence-corrected chi connectivity index (χ0v) is 35.9. The number of carbonyl (C=O) groups excluding carboxylic acids is 7. The van der Waals surface area contributed by atoms with E-state index in [2.05, 4.69) is 21.7 Å². The summed E-state index contributed by atoms with van der Waals surface area (Å²) in [6, 6.07) is 2.06. The number of piperidine rings is 1. The van der Waals surface area contributed by atoms with Gasteiger partial charge in [-0.3, -0.25) is 28.8 Å². The molecule has 1 aromatic carbocycles. The number of nitrogens with one attached hydrogen (secondary N) is 3. The highest BCUT2D eigenvalue weighted by atomic mass is 16.5. The Hall–Kier alpha value is -4.77. The number of amides is 6. The minimum absolute atomic E-state index is 0.0444. The number of nitrogens with zero attached hydrogens (tertiary/aromatic N) is 2. The van der Waals surface area contributed by atoms with E-state index in [4.69, 9.17) is 15.3 Å². The number of fused-ring (bicyclic) bond motifs is 2. The number of benzene rings is 1. The molecule has 2 saturated heterocycles. The molecule has 17 heteroatoms. The Morgan fingerprint density at radius 1 is 0.983 bits per heavy atom. The van der Waals surface area contributed by atoms with Crippen molar-refractivity contribution in [1.82, 2.24) is 25.8 Å². The zero-order chi connectivity index (χ0) is 44.4. The maximum absolute atomic E-state index is 14.6. The highest BCUT2D eigenvalue weighted by molar-refractivity contribution is 5.95. The second-order valence-corrected chi connectivity index (χ2v) is 15.7. The number of hydrogen-bond acceptors (Lipinski definition) is 11. The maximum Gasteiger partial charge on any atom is 0.329 e. The van der Waals surface area contributed by atoms with Crippen LogP contribution in [0.2, 0.25) is 0 Å². The van der Waals surface area contributed by atoms with Gasteiger partial charge < -0.3 is 52.2 Å². The summed E-state index contributed by atoms with van der Waals surface area (Å²) in [6.07, 6.45) is 0.179. The third kappa shape index (κ3) is 15.2. The van der Waals surface area contributed by atoms with Crippen molar-refractivity contribution in [2.75, 3.05) is 14.1 Å². The number of ether oxygens (including phenoxy) is 1. The van der Waals surface area contributed by atoms with Crippen LogP contribution in [0, 0.1) is 23.7 Å². The van der Waals surface area contributed by atoms with Crippen molar-refractivity contribution in [3.05, 3.63) is 29.8 Å². The average molecular weight is 820 g/mol. The lowest BCUT2D eigenvalue weighted by Crippen LogP contribution is -2.64. The van der Waals surface area contributed by atoms with Gasteiger partial charge in [-0.05, 0) is 68.6 Å². The number of primary amides is 1. The van der Waals surface area contributed by atoms with Crippen molar-refractivity contribution in [1.29, 1.82) is 0 Å². The molecular formula is C41H69N7O10. The molecule has 2 heterocycles. The second kappa shape index (κ2) is 24.9. The first-order valence-electron chi connectivity index (χ1n) is 20.2. The Morgan fingerprint density at radius 3 is 2.03 bits per heavy atom. The summed E-state index contributed by atoms with van der Waals surface area (Å²) < 4.78 is 5.71. The van der Waals surface area contributed by atoms with Crippen LogP contribution in [0.4, 0.5) is 0 Å². The molecule has 0 saturated carbocycles. The molecule has 6 amide bonds. The maximum atomic E-state index is 14.6. The second-order valence-electron chi connectivity index (χ2n) is 15.7. The lowest BCUT2D eigenvalue weighted by atomic mass is 9.82. The molecule has 3 rings (SSSR count). The van der Waals surface area contributed by atoms with Crippen LogP contribution in [-0.2, 0) is 44.7 Å². The lowest BCUT2D eigenvalue weighted by molar-refractivity contribution is -0.171. The van der Waals surface area contributed by atoms with Crippen molar-refractivity contribution in [3.63, 3.8) is 0 Å². The van der Waals surface area contributed by atoms with Crippen LogP contribution in [0.15, 0.2) is 24.3 Å². The number of phenols is 1. The molecule has 9 N–H and O–H groups in total. The standard InChI is InChI=1S/C36H56N4O8.C4H10N2O.CH3NO/c1-9-21(5)31-36(47)48-23(7)18-29(42)37-27(17-20(3)4)26-15-16-30(43)40(34(26)45)32(22(6)10-2)35(46)39(8)28(33(44)38-31)19-24-11-13-25(41)14-12-24;1-3(5)4(7)6-2;2-1-3/h11-14,20-23,26-28,30-32,41,43H,9-10,15-19H2,1-8H3,(H,37,42)(H,38,44);3H,5H2,1-2H3,(H,6,7);1H,(H2,2,3). The Bertz CT molecular complexity index is 1510. The number of nitrogens with two attached hydrogens (primary N) is 2. The van der Waals surface area contributed by atoms with E-state index in [1.807, 2.05) is 41.5 Å². The topological polar surface area (TPSA) is 264 Å². The van der Waals surface area contributed by atoms with Crippen LogP contribution in [0.25, 0.3) is 0 Å². The van der Waals surface area contributed by atoms with E-state index in [1.165, 1.54) is 29.0 Å². The Kier molecular flexibility index (Phi) is 22.0. The van der Waals surface area contributed by atoms with Crippen LogP contribution in [0.3, 0.4) is 0 Å². The molecular weight excluding hydrogens is 750 g/mol. The molecule has 328 valence electrons. The van der Waals surface area contributed by atoms with E-state index in [0.29, 0.717) is 31.2 Å². The van der Waals surface area contributed by atoms with Gasteiger partial charge >= 0.3 is 5.97 Å². The minimum Gasteiger partial charge on any atom is -0.508 e. The van der Waals surface area contributed by atoms with Crippen molar-refractivity contribution < 1.29 is 48.5 Å². The molecule has 17 nitrogen and oxygen atoms in total. The number of aliphatic hydroxyl groups excluding tert-OH is 1. The van der Waals surface area contributed by atoms with E-state index >= 15 is 0 Å². The Morgan fingerprint density at radius 2 is 1.55 bits per heavy atom. The van der Waals surface area contributed by atoms with Crippen molar-refractivity contribution in [3.8, 4) is 5.75 Å². The molecule has 58 heavy (non-hydrogen) atoms. The summed E-state index contributed by atoms with van der Waals surface area (Å²) in [5, 5.41) is 29.4. The number of phenolic OH excluding ortho intramolecular Hbond substituents is 1. The minimum atomic E-state index is -1.23. The fourth-order valence-corrected chi connectivity index (χ4v) is 6.93. The van der Waals surface area contributed by atoms with Crippen molar-refractivity contribution in [2.45, 2.75) is 143 Å². The van der Waals surface area contributed by atoms with Crippen molar-refractivity contribution >= 4 is 41.9 Å². The monoisotopic (exact) mass is 820 g/mol. The fourth-order valence-electron chi connectivity index (χ4n) is 6.93. The van der Waals surface area contributed by atoms with Gasteiger partial charge in [0.05, 0.1) is 18.4 Å². The molecule has 2 aliphatic rings. The van der Waals surface area contributed by atoms with Gasteiger partial charge in [0.1, 0.15) is 36.2 Å². The number of rotatable bonds is 9. The van der Waals surface area contributed by atoms with E-state index in [9.17, 15) is 39.0 Å². The molecule has 10 atom stereocenters. The van der Waals surface area contributed by atoms with E-state index < -0.39 is 72.0 Å². The summed E-state index contributed by atoms with van der Waals surface area (Å²) in [5.74, 6) is -3.99. The number of carbonyl (C=O) groups is 7. The van der Waals surface area contributed by atoms with E-state index in [0.717, 1.165) is 0 Å². The van der Waals surface area contributed by atoms with Gasteiger partial charge in [-0.15, -0.1) is 0 Å². The van der Waals surface area contributed by atoms with Gasteiger partial charge in [-0.2, -0.15) is 0 Å². The summed E-state index contributed by atoms with van der Waals surface area (Å²) in [5.41, 5.74) is 9.96. The summed E-state index contributed by atoms with van der Waals surface area (Å²) in [6.45, 7) is 14.7. The lowest BCUT2D eigenvalue weighted by Gasteiger charge is -2.46. The molecule has 10 unspecified atom stereocenters. The Balaban J connectivity index is 0.00000149. The van der Waals surface area contributed by atoms with Crippen LogP contribution in [0.1, 0.15) is 99.5 Å². The smallest absolute Gasteiger partial charge is 0.329 e. The fraction of sp³-hybridized carbons (Fsp3) is 0.683. The molecule has 0 spiro atoms. The van der Waals surface area contributed by atoms with Gasteiger partial charge in [0.25, 0.3) is 0 Å². The first-order valence-corrected chi connectivity index (χ1v) is 20.2. The molecule has 2 fully saturated rings. The molecule has 0 radical (unpaired) electrons. The number of aromatic hydroxyl groups is 1.